The summed E-state index contributed by atoms with van der Waals surface area (Å²) >= 11 is 2.29. The van der Waals surface area contributed by atoms with Crippen LogP contribution in [0.5, 0.6) is 0 Å². The lowest BCUT2D eigenvalue weighted by Crippen LogP contribution is -2.39. The summed E-state index contributed by atoms with van der Waals surface area (Å²) in [5.41, 5.74) is 1.12. The Morgan fingerprint density at radius 2 is 2.16 bits per heavy atom. The largest absolute Gasteiger partial charge is 0.341 e. The van der Waals surface area contributed by atoms with Gasteiger partial charge in [0.05, 0.1) is 6.42 Å². The molecule has 2 aliphatic heterocycles. The van der Waals surface area contributed by atoms with E-state index in [0.29, 0.717) is 18.5 Å². The van der Waals surface area contributed by atoms with Gasteiger partial charge in [0.15, 0.2) is 0 Å². The minimum atomic E-state index is 0.274. The molecule has 2 aliphatic rings. The number of hydrogen-bond donors (Lipinski definition) is 1. The average Bonchev–Trinajstić information content (AvgIpc) is 2.68. The Labute approximate surface area is 127 Å². The molecule has 2 heterocycles. The van der Waals surface area contributed by atoms with Crippen LogP contribution in [0.3, 0.4) is 0 Å². The maximum atomic E-state index is 12.4. The van der Waals surface area contributed by atoms with Crippen molar-refractivity contribution < 1.29 is 4.79 Å². The highest BCUT2D eigenvalue weighted by molar-refractivity contribution is 14.1. The molecule has 2 bridgehead atoms. The third kappa shape index (κ3) is 3.28. The Balaban J connectivity index is 1.64. The number of nitrogens with zero attached hydrogens (tertiary/aromatic N) is 1. The number of carbonyl (C=O) groups excluding carboxylic acids is 1. The molecular weight excluding hydrogens is 351 g/mol. The number of benzene rings is 1. The SMILES string of the molecule is O=C(Cc1cccc(I)c1)N1CCC2CCC(C1)N2. The monoisotopic (exact) mass is 370 g/mol. The fourth-order valence-corrected chi connectivity index (χ4v) is 3.71. The smallest absolute Gasteiger partial charge is 0.227 e. The van der Waals surface area contributed by atoms with Gasteiger partial charge in [-0.05, 0) is 59.5 Å². The van der Waals surface area contributed by atoms with Gasteiger partial charge in [-0.15, -0.1) is 0 Å². The van der Waals surface area contributed by atoms with Gasteiger partial charge in [-0.1, -0.05) is 12.1 Å². The van der Waals surface area contributed by atoms with Crippen molar-refractivity contribution in [2.45, 2.75) is 37.8 Å². The molecule has 0 aromatic heterocycles. The van der Waals surface area contributed by atoms with Gasteiger partial charge in [-0.2, -0.15) is 0 Å². The fraction of sp³-hybridized carbons (Fsp3) is 0.533. The second-order valence-corrected chi connectivity index (χ2v) is 6.82. The summed E-state index contributed by atoms with van der Waals surface area (Å²) in [6.07, 6.45) is 4.14. The van der Waals surface area contributed by atoms with Gasteiger partial charge in [0.25, 0.3) is 0 Å². The van der Waals surface area contributed by atoms with Gasteiger partial charge < -0.3 is 10.2 Å². The zero-order valence-corrected chi connectivity index (χ0v) is 13.1. The topological polar surface area (TPSA) is 32.3 Å². The van der Waals surface area contributed by atoms with Crippen molar-refractivity contribution >= 4 is 28.5 Å². The van der Waals surface area contributed by atoms with Crippen LogP contribution < -0.4 is 5.32 Å². The van der Waals surface area contributed by atoms with Crippen LogP contribution in [0.4, 0.5) is 0 Å². The Bertz CT molecular complexity index is 477. The molecule has 1 amide bonds. The lowest BCUT2D eigenvalue weighted by atomic mass is 10.1. The average molecular weight is 370 g/mol. The number of halogens is 1. The first kappa shape index (κ1) is 13.4. The normalized spacial score (nSPS) is 26.3. The highest BCUT2D eigenvalue weighted by Gasteiger charge is 2.30. The summed E-state index contributed by atoms with van der Waals surface area (Å²) < 4.78 is 1.19. The standard InChI is InChI=1S/C15H19IN2O/c16-12-3-1-2-11(8-12)9-15(19)18-7-6-13-4-5-14(10-18)17-13/h1-3,8,13-14,17H,4-7,9-10H2. The van der Waals surface area contributed by atoms with Crippen LogP contribution in [-0.4, -0.2) is 36.0 Å². The minimum Gasteiger partial charge on any atom is -0.341 e. The van der Waals surface area contributed by atoms with Crippen LogP contribution in [0, 0.1) is 3.57 Å². The lowest BCUT2D eigenvalue weighted by Gasteiger charge is -2.24. The maximum Gasteiger partial charge on any atom is 0.227 e. The fourth-order valence-electron chi connectivity index (χ4n) is 3.10. The van der Waals surface area contributed by atoms with Crippen molar-refractivity contribution in [1.29, 1.82) is 0 Å². The molecule has 3 nitrogen and oxygen atoms in total. The Morgan fingerprint density at radius 1 is 1.32 bits per heavy atom. The zero-order chi connectivity index (χ0) is 13.2. The number of nitrogens with one attached hydrogen (secondary N) is 1. The maximum absolute atomic E-state index is 12.4. The summed E-state index contributed by atoms with van der Waals surface area (Å²) in [6, 6.07) is 9.38. The minimum absolute atomic E-state index is 0.274. The van der Waals surface area contributed by atoms with Crippen molar-refractivity contribution in [2.75, 3.05) is 13.1 Å². The molecule has 0 spiro atoms. The quantitative estimate of drug-likeness (QED) is 0.810. The molecule has 2 atom stereocenters. The van der Waals surface area contributed by atoms with Crippen molar-refractivity contribution in [3.8, 4) is 0 Å². The molecule has 2 fully saturated rings. The van der Waals surface area contributed by atoms with Crippen molar-refractivity contribution in [3.63, 3.8) is 0 Å². The van der Waals surface area contributed by atoms with Crippen molar-refractivity contribution in [1.82, 2.24) is 10.2 Å². The second-order valence-electron chi connectivity index (χ2n) is 5.57. The van der Waals surface area contributed by atoms with Crippen LogP contribution in [0.15, 0.2) is 24.3 Å². The first-order chi connectivity index (χ1) is 9.20. The molecule has 2 unspecified atom stereocenters. The third-order valence-electron chi connectivity index (χ3n) is 4.12. The summed E-state index contributed by atoms with van der Waals surface area (Å²) in [7, 11) is 0. The Kier molecular flexibility index (Phi) is 4.07. The zero-order valence-electron chi connectivity index (χ0n) is 10.9. The first-order valence-corrected chi connectivity index (χ1v) is 8.07. The van der Waals surface area contributed by atoms with E-state index in [0.717, 1.165) is 25.1 Å². The summed E-state index contributed by atoms with van der Waals surface area (Å²) in [5, 5.41) is 3.62. The van der Waals surface area contributed by atoms with E-state index in [1.54, 1.807) is 0 Å². The van der Waals surface area contributed by atoms with Crippen LogP contribution in [0.1, 0.15) is 24.8 Å². The van der Waals surface area contributed by atoms with Gasteiger partial charge in [-0.25, -0.2) is 0 Å². The number of carbonyl (C=O) groups is 1. The van der Waals surface area contributed by atoms with Crippen molar-refractivity contribution in [3.05, 3.63) is 33.4 Å². The van der Waals surface area contributed by atoms with Crippen molar-refractivity contribution in [2.24, 2.45) is 0 Å². The van der Waals surface area contributed by atoms with E-state index < -0.39 is 0 Å². The molecule has 2 saturated heterocycles. The highest BCUT2D eigenvalue weighted by Crippen LogP contribution is 2.21. The van der Waals surface area contributed by atoms with Crippen LogP contribution in [0.25, 0.3) is 0 Å². The number of rotatable bonds is 2. The first-order valence-electron chi connectivity index (χ1n) is 6.99. The molecular formula is C15H19IN2O. The van der Waals surface area contributed by atoms with E-state index in [1.807, 2.05) is 12.1 Å². The summed E-state index contributed by atoms with van der Waals surface area (Å²) in [5.74, 6) is 0.274. The van der Waals surface area contributed by atoms with Crippen LogP contribution in [-0.2, 0) is 11.2 Å². The Morgan fingerprint density at radius 3 is 3.00 bits per heavy atom. The van der Waals surface area contributed by atoms with Gasteiger partial charge in [0, 0.05) is 28.7 Å². The molecule has 4 heteroatoms. The number of amides is 1. The van der Waals surface area contributed by atoms with Crippen LogP contribution >= 0.6 is 22.6 Å². The van der Waals surface area contributed by atoms with E-state index in [-0.39, 0.29) is 5.91 Å². The second kappa shape index (κ2) is 5.79. The summed E-state index contributed by atoms with van der Waals surface area (Å²) in [6.45, 7) is 1.80. The Hall–Kier alpha value is -0.620. The van der Waals surface area contributed by atoms with Gasteiger partial charge in [-0.3, -0.25) is 4.79 Å². The molecule has 0 aliphatic carbocycles. The van der Waals surface area contributed by atoms with Crippen LogP contribution in [0.2, 0.25) is 0 Å². The van der Waals surface area contributed by atoms with Gasteiger partial charge >= 0.3 is 0 Å². The molecule has 0 radical (unpaired) electrons. The highest BCUT2D eigenvalue weighted by atomic mass is 127. The number of likely N-dealkylation sites (tertiary alicyclic amines) is 1. The molecule has 102 valence electrons. The molecule has 1 aromatic carbocycles. The van der Waals surface area contributed by atoms with E-state index in [9.17, 15) is 4.79 Å². The van der Waals surface area contributed by atoms with Gasteiger partial charge in [0.1, 0.15) is 0 Å². The van der Waals surface area contributed by atoms with E-state index >= 15 is 0 Å². The predicted octanol–water partition coefficient (Wildman–Crippen LogP) is 2.19. The lowest BCUT2D eigenvalue weighted by molar-refractivity contribution is -0.130. The third-order valence-corrected chi connectivity index (χ3v) is 4.79. The van der Waals surface area contributed by atoms with E-state index in [2.05, 4.69) is 44.9 Å². The summed E-state index contributed by atoms with van der Waals surface area (Å²) in [4.78, 5) is 14.5. The number of hydrogen-bond acceptors (Lipinski definition) is 2. The molecule has 3 rings (SSSR count). The van der Waals surface area contributed by atoms with E-state index in [1.165, 1.54) is 16.4 Å². The predicted molar refractivity (Wildman–Crippen MR) is 84.0 cm³/mol. The molecule has 19 heavy (non-hydrogen) atoms. The van der Waals surface area contributed by atoms with Gasteiger partial charge in [0.2, 0.25) is 5.91 Å². The molecule has 0 saturated carbocycles. The molecule has 1 aromatic rings. The van der Waals surface area contributed by atoms with E-state index in [4.69, 9.17) is 0 Å². The number of fused-ring (bicyclic) bond motifs is 2. The molecule has 1 N–H and O–H groups in total.